The lowest BCUT2D eigenvalue weighted by molar-refractivity contribution is 0.178. The van der Waals surface area contributed by atoms with E-state index in [1.54, 1.807) is 19.2 Å². The first-order valence-electron chi connectivity index (χ1n) is 11.9. The van der Waals surface area contributed by atoms with Crippen molar-refractivity contribution in [1.29, 1.82) is 0 Å². The highest BCUT2D eigenvalue weighted by atomic mass is 19.1. The number of halogens is 3. The number of aryl methyl sites for hydroxylation is 1. The van der Waals surface area contributed by atoms with Gasteiger partial charge in [0.1, 0.15) is 17.8 Å². The van der Waals surface area contributed by atoms with Crippen molar-refractivity contribution in [2.75, 3.05) is 7.11 Å². The van der Waals surface area contributed by atoms with Gasteiger partial charge in [-0.3, -0.25) is 0 Å². The molecule has 0 aliphatic carbocycles. The maximum atomic E-state index is 13.3. The zero-order valence-electron chi connectivity index (χ0n) is 21.2. The molecule has 37 heavy (non-hydrogen) atoms. The van der Waals surface area contributed by atoms with E-state index in [0.717, 1.165) is 16.7 Å². The summed E-state index contributed by atoms with van der Waals surface area (Å²) in [5, 5.41) is 17.1. The van der Waals surface area contributed by atoms with Crippen LogP contribution in [-0.2, 0) is 30.7 Å². The van der Waals surface area contributed by atoms with Gasteiger partial charge in [-0.1, -0.05) is 42.5 Å². The van der Waals surface area contributed by atoms with Crippen molar-refractivity contribution in [2.24, 2.45) is 15.9 Å². The molecule has 0 bridgehead atoms. The summed E-state index contributed by atoms with van der Waals surface area (Å²) in [7, 11) is 1.65. The Hall–Kier alpha value is -3.33. The quantitative estimate of drug-likeness (QED) is 0.248. The lowest BCUT2D eigenvalue weighted by atomic mass is 10.00. The third kappa shape index (κ3) is 10.3. The van der Waals surface area contributed by atoms with Crippen molar-refractivity contribution in [3.8, 4) is 0 Å². The molecule has 5 nitrogen and oxygen atoms in total. The molecule has 3 aromatic carbocycles. The summed E-state index contributed by atoms with van der Waals surface area (Å²) >= 11 is 0. The number of hydrogen-bond acceptors (Lipinski definition) is 5. The second-order valence-corrected chi connectivity index (χ2v) is 8.49. The smallest absolute Gasteiger partial charge is 0.137 e. The first-order valence-corrected chi connectivity index (χ1v) is 11.9. The highest BCUT2D eigenvalue weighted by Crippen LogP contribution is 2.19. The molecule has 0 fully saturated rings. The zero-order chi connectivity index (χ0) is 27.2. The molecule has 0 spiro atoms. The van der Waals surface area contributed by atoms with E-state index in [0.29, 0.717) is 49.3 Å². The molecule has 0 heterocycles. The number of methoxy groups -OCH3 is 1. The molecule has 0 amide bonds. The molecule has 3 aromatic rings. The zero-order valence-corrected chi connectivity index (χ0v) is 21.2. The van der Waals surface area contributed by atoms with Gasteiger partial charge in [0.05, 0.1) is 18.4 Å². The van der Waals surface area contributed by atoms with E-state index >= 15 is 0 Å². The van der Waals surface area contributed by atoms with Gasteiger partial charge in [-0.25, -0.2) is 13.2 Å². The van der Waals surface area contributed by atoms with Crippen LogP contribution in [0.5, 0.6) is 0 Å². The molecule has 0 saturated heterocycles. The molecule has 3 rings (SSSR count). The number of nitrogens with two attached hydrogens (primary N) is 1. The van der Waals surface area contributed by atoms with Crippen LogP contribution in [0.15, 0.2) is 76.9 Å². The van der Waals surface area contributed by atoms with Crippen LogP contribution in [0, 0.1) is 11.6 Å². The molecular formula is C29H34F3N3O2. The Kier molecular flexibility index (Phi) is 12.7. The predicted molar refractivity (Wildman–Crippen MR) is 142 cm³/mol. The van der Waals surface area contributed by atoms with Gasteiger partial charge < -0.3 is 15.6 Å². The third-order valence-electron chi connectivity index (χ3n) is 5.69. The van der Waals surface area contributed by atoms with Gasteiger partial charge in [0, 0.05) is 26.8 Å². The Bertz CT molecular complexity index is 1150. The van der Waals surface area contributed by atoms with Gasteiger partial charge in [-0.2, -0.15) is 10.2 Å². The van der Waals surface area contributed by atoms with E-state index in [-0.39, 0.29) is 11.6 Å². The molecule has 0 aromatic heterocycles. The van der Waals surface area contributed by atoms with Crippen molar-refractivity contribution < 1.29 is 23.0 Å². The number of nitrogens with zero attached hydrogens (tertiary/aromatic N) is 2. The number of rotatable bonds is 11. The Balaban J connectivity index is 0.000000263. The lowest BCUT2D eigenvalue weighted by Gasteiger charge is -2.11. The topological polar surface area (TPSA) is 80.2 Å². The van der Waals surface area contributed by atoms with Gasteiger partial charge in [-0.15, -0.1) is 0 Å². The first kappa shape index (κ1) is 29.9. The molecule has 2 unspecified atom stereocenters. The molecule has 0 saturated carbocycles. The Labute approximate surface area is 216 Å². The van der Waals surface area contributed by atoms with Gasteiger partial charge in [0.2, 0.25) is 0 Å². The van der Waals surface area contributed by atoms with Crippen LogP contribution in [0.3, 0.4) is 0 Å². The van der Waals surface area contributed by atoms with Crippen molar-refractivity contribution in [3.05, 3.63) is 106 Å². The van der Waals surface area contributed by atoms with Gasteiger partial charge in [-0.05, 0) is 71.8 Å². The molecule has 0 radical (unpaired) electrons. The number of hydrogen-bond donors (Lipinski definition) is 2. The van der Waals surface area contributed by atoms with E-state index in [4.69, 9.17) is 10.5 Å². The van der Waals surface area contributed by atoms with Crippen LogP contribution >= 0.6 is 0 Å². The minimum atomic E-state index is -1.11. The fourth-order valence-corrected chi connectivity index (χ4v) is 3.71. The number of aliphatic hydroxyl groups is 1. The molecule has 8 heteroatoms. The molecule has 3 N–H and O–H groups in total. The van der Waals surface area contributed by atoms with E-state index < -0.39 is 12.3 Å². The Morgan fingerprint density at radius 1 is 1.00 bits per heavy atom. The first-order chi connectivity index (χ1) is 17.8. The van der Waals surface area contributed by atoms with E-state index in [2.05, 4.69) is 16.9 Å². The summed E-state index contributed by atoms with van der Waals surface area (Å²) in [6.45, 7) is 5.72. The molecule has 0 aliphatic rings. The fraction of sp³-hybridized carbons (Fsp3) is 0.310. The van der Waals surface area contributed by atoms with E-state index in [9.17, 15) is 18.3 Å². The van der Waals surface area contributed by atoms with Gasteiger partial charge >= 0.3 is 0 Å². The monoisotopic (exact) mass is 513 g/mol. The van der Waals surface area contributed by atoms with Crippen LogP contribution in [-0.4, -0.2) is 30.8 Å². The maximum absolute atomic E-state index is 13.3. The molecule has 2 atom stereocenters. The van der Waals surface area contributed by atoms with Gasteiger partial charge in [0.25, 0.3) is 0 Å². The molecule has 0 aliphatic heterocycles. The Morgan fingerprint density at radius 3 is 2.32 bits per heavy atom. The average Bonchev–Trinajstić information content (AvgIpc) is 2.87. The van der Waals surface area contributed by atoms with Gasteiger partial charge in [0.15, 0.2) is 0 Å². The van der Waals surface area contributed by atoms with E-state index in [1.807, 2.05) is 18.2 Å². The van der Waals surface area contributed by atoms with Crippen molar-refractivity contribution in [3.63, 3.8) is 0 Å². The number of aliphatic hydroxyl groups excluding tert-OH is 1. The minimum Gasteiger partial charge on any atom is -0.388 e. The summed E-state index contributed by atoms with van der Waals surface area (Å²) in [5.74, 6) is -0.666. The van der Waals surface area contributed by atoms with Crippen LogP contribution in [0.1, 0.15) is 47.3 Å². The summed E-state index contributed by atoms with van der Waals surface area (Å²) in [6.07, 6.45) is -0.335. The van der Waals surface area contributed by atoms with Crippen molar-refractivity contribution in [2.45, 2.75) is 51.6 Å². The summed E-state index contributed by atoms with van der Waals surface area (Å²) in [4.78, 5) is 0. The fourth-order valence-electron chi connectivity index (χ4n) is 3.71. The van der Waals surface area contributed by atoms with Crippen molar-refractivity contribution in [1.82, 2.24) is 0 Å². The highest BCUT2D eigenvalue weighted by Gasteiger charge is 2.11. The van der Waals surface area contributed by atoms with Crippen molar-refractivity contribution >= 4 is 12.4 Å². The van der Waals surface area contributed by atoms with Crippen LogP contribution in [0.4, 0.5) is 13.2 Å². The van der Waals surface area contributed by atoms with Crippen LogP contribution < -0.4 is 5.73 Å². The number of alkyl halides is 1. The molecular weight excluding hydrogens is 479 g/mol. The number of benzene rings is 3. The predicted octanol–water partition coefficient (Wildman–Crippen LogP) is 5.88. The summed E-state index contributed by atoms with van der Waals surface area (Å²) in [6, 6.07) is 17.8. The summed E-state index contributed by atoms with van der Waals surface area (Å²) < 4.78 is 44.1. The SMILES string of the molecule is C=N/N=C(\CCc1ccc(CN)c(COC)c1)C(C)F.OC(Cc1cccc(F)c1)c1ccc(F)cc1. The standard InChI is InChI=1S/C15H22FN3O.C14H12F2O/c1-11(16)15(19-18-2)7-5-12-4-6-13(9-17)14(8-12)10-20-3;15-12-6-4-11(5-7-12)14(17)9-10-2-1-3-13(16)8-10/h4,6,8,11H,2,5,7,9-10,17H2,1,3H3;1-8,14,17H,9H2/b19-15+;. The third-order valence-corrected chi connectivity index (χ3v) is 5.69. The van der Waals surface area contributed by atoms with Crippen LogP contribution in [0.2, 0.25) is 0 Å². The maximum Gasteiger partial charge on any atom is 0.137 e. The highest BCUT2D eigenvalue weighted by molar-refractivity contribution is 5.88. The largest absolute Gasteiger partial charge is 0.388 e. The number of ether oxygens (including phenoxy) is 1. The second-order valence-electron chi connectivity index (χ2n) is 8.49. The second kappa shape index (κ2) is 15.7. The average molecular weight is 514 g/mol. The lowest BCUT2D eigenvalue weighted by Crippen LogP contribution is -2.12. The minimum absolute atomic E-state index is 0.309. The summed E-state index contributed by atoms with van der Waals surface area (Å²) in [5.41, 5.74) is 10.7. The van der Waals surface area contributed by atoms with E-state index in [1.165, 1.54) is 43.3 Å². The normalized spacial score (nSPS) is 12.9. The molecule has 198 valence electrons. The van der Waals surface area contributed by atoms with Crippen LogP contribution in [0.25, 0.3) is 0 Å². The Morgan fingerprint density at radius 2 is 1.73 bits per heavy atom.